The lowest BCUT2D eigenvalue weighted by atomic mass is 10.2. The van der Waals surface area contributed by atoms with Crippen LogP contribution >= 0.6 is 0 Å². The van der Waals surface area contributed by atoms with Gasteiger partial charge in [-0.05, 0) is 29.1 Å². The van der Waals surface area contributed by atoms with E-state index in [1.807, 2.05) is 3.64 Å². The first-order chi connectivity index (χ1) is 11.8. The van der Waals surface area contributed by atoms with E-state index in [4.69, 9.17) is 0 Å². The van der Waals surface area contributed by atoms with Crippen LogP contribution in [0.3, 0.4) is 0 Å². The van der Waals surface area contributed by atoms with E-state index in [1.54, 1.807) is 24.3 Å². The second-order valence-electron chi connectivity index (χ2n) is 10.5. The van der Waals surface area contributed by atoms with Crippen molar-refractivity contribution in [1.29, 1.82) is 0 Å². The maximum absolute atomic E-state index is 13.9. The number of rotatable bonds is 5. The summed E-state index contributed by atoms with van der Waals surface area (Å²) in [5.41, 5.74) is 0.528. The molecule has 4 nitrogen and oxygen atoms in total. The summed E-state index contributed by atoms with van der Waals surface area (Å²) in [6, 6.07) is 6.40. The molecule has 0 radical (unpaired) electrons. The van der Waals surface area contributed by atoms with Gasteiger partial charge in [-0.15, -0.1) is 0 Å². The molecule has 0 saturated carbocycles. The monoisotopic (exact) mass is 427 g/mol. The minimum atomic E-state index is -3.68. The summed E-state index contributed by atoms with van der Waals surface area (Å²) in [4.78, 5) is 11.9. The van der Waals surface area contributed by atoms with Crippen molar-refractivity contribution in [3.8, 4) is 0 Å². The standard InChI is InChI=1S/C20H37NO3SSi2/c1-16(22)17-12-14-18(15-13-17)25(23,24)21(26(8,9)19(2,3)4)27(10,11)20(5,6)7/h12-15H,1-11H3. The Morgan fingerprint density at radius 2 is 1.15 bits per heavy atom. The number of Topliss-reactive ketones (excluding diaryl/α,β-unsaturated/α-hetero) is 1. The minimum Gasteiger partial charge on any atom is -0.295 e. The highest BCUT2D eigenvalue weighted by Gasteiger charge is 2.57. The summed E-state index contributed by atoms with van der Waals surface area (Å²) in [6.07, 6.45) is 0. The summed E-state index contributed by atoms with van der Waals surface area (Å²) in [5.74, 6) is -0.0652. The van der Waals surface area contributed by atoms with Gasteiger partial charge in [0.2, 0.25) is 10.0 Å². The predicted octanol–water partition coefficient (Wildman–Crippen LogP) is 5.89. The normalized spacial score (nSPS) is 14.5. The van der Waals surface area contributed by atoms with Crippen molar-refractivity contribution < 1.29 is 13.2 Å². The van der Waals surface area contributed by atoms with Gasteiger partial charge in [0.1, 0.15) is 16.5 Å². The zero-order valence-corrected chi connectivity index (χ0v) is 21.7. The molecule has 0 N–H and O–H groups in total. The van der Waals surface area contributed by atoms with Crippen LogP contribution in [0, 0.1) is 0 Å². The van der Waals surface area contributed by atoms with Gasteiger partial charge in [0.05, 0.1) is 4.90 Å². The van der Waals surface area contributed by atoms with Crippen LogP contribution in [0.2, 0.25) is 36.3 Å². The summed E-state index contributed by atoms with van der Waals surface area (Å²) in [6.45, 7) is 23.0. The number of hydrogen-bond acceptors (Lipinski definition) is 3. The molecule has 0 heterocycles. The number of nitrogens with zero attached hydrogens (tertiary/aromatic N) is 1. The zero-order chi connectivity index (χ0) is 21.6. The number of hydrogen-bond donors (Lipinski definition) is 0. The van der Waals surface area contributed by atoms with Gasteiger partial charge < -0.3 is 0 Å². The van der Waals surface area contributed by atoms with E-state index >= 15 is 0 Å². The first kappa shape index (κ1) is 24.3. The van der Waals surface area contributed by atoms with Crippen molar-refractivity contribution in [3.63, 3.8) is 0 Å². The van der Waals surface area contributed by atoms with E-state index in [0.717, 1.165) is 0 Å². The molecule has 1 aromatic rings. The van der Waals surface area contributed by atoms with Gasteiger partial charge in [0, 0.05) is 5.56 Å². The van der Waals surface area contributed by atoms with Gasteiger partial charge in [0.15, 0.2) is 5.78 Å². The summed E-state index contributed by atoms with van der Waals surface area (Å²) >= 11 is 0. The molecule has 0 aliphatic heterocycles. The molecule has 0 unspecified atom stereocenters. The van der Waals surface area contributed by atoms with Crippen molar-refractivity contribution in [3.05, 3.63) is 29.8 Å². The van der Waals surface area contributed by atoms with E-state index in [-0.39, 0.29) is 20.8 Å². The highest BCUT2D eigenvalue weighted by atomic mass is 32.2. The Morgan fingerprint density at radius 1 is 0.815 bits per heavy atom. The molecule has 1 rings (SSSR count). The van der Waals surface area contributed by atoms with Crippen LogP contribution in [-0.4, -0.2) is 34.3 Å². The molecule has 0 aromatic heterocycles. The van der Waals surface area contributed by atoms with Crippen LogP contribution in [-0.2, 0) is 10.0 Å². The van der Waals surface area contributed by atoms with Gasteiger partial charge in [-0.25, -0.2) is 12.1 Å². The molecule has 0 aliphatic carbocycles. The maximum atomic E-state index is 13.9. The number of ketones is 1. The third-order valence-electron chi connectivity index (χ3n) is 6.49. The fourth-order valence-electron chi connectivity index (χ4n) is 2.88. The van der Waals surface area contributed by atoms with Crippen LogP contribution in [0.25, 0.3) is 0 Å². The van der Waals surface area contributed by atoms with Crippen molar-refractivity contribution in [2.75, 3.05) is 0 Å². The van der Waals surface area contributed by atoms with Crippen LogP contribution in [0.4, 0.5) is 0 Å². The number of benzene rings is 1. The smallest absolute Gasteiger partial charge is 0.231 e. The number of carbonyl (C=O) groups excluding carboxylic acids is 1. The van der Waals surface area contributed by atoms with E-state index < -0.39 is 26.5 Å². The molecule has 0 bridgehead atoms. The van der Waals surface area contributed by atoms with Gasteiger partial charge in [0.25, 0.3) is 0 Å². The SMILES string of the molecule is CC(=O)c1ccc(S(=O)(=O)N([Si](C)(C)C(C)(C)C)[Si](C)(C)C(C)(C)C)cc1. The number of sulfonamides is 1. The maximum Gasteiger partial charge on any atom is 0.231 e. The lowest BCUT2D eigenvalue weighted by molar-refractivity contribution is 0.101. The quantitative estimate of drug-likeness (QED) is 0.435. The molecule has 1 aromatic carbocycles. The zero-order valence-electron chi connectivity index (χ0n) is 18.9. The van der Waals surface area contributed by atoms with Crippen molar-refractivity contribution in [2.24, 2.45) is 0 Å². The average Bonchev–Trinajstić information content (AvgIpc) is 2.43. The Bertz CT molecular complexity index is 773. The lowest BCUT2D eigenvalue weighted by Gasteiger charge is -2.55. The molecule has 0 saturated heterocycles. The van der Waals surface area contributed by atoms with Gasteiger partial charge in [-0.3, -0.25) is 4.79 Å². The van der Waals surface area contributed by atoms with E-state index in [2.05, 4.69) is 67.7 Å². The second kappa shape index (κ2) is 7.24. The van der Waals surface area contributed by atoms with Crippen LogP contribution in [0.15, 0.2) is 29.2 Å². The Labute approximate surface area is 168 Å². The largest absolute Gasteiger partial charge is 0.295 e. The highest BCUT2D eigenvalue weighted by molar-refractivity contribution is 7.92. The van der Waals surface area contributed by atoms with Crippen molar-refractivity contribution >= 4 is 32.3 Å². The Hall–Kier alpha value is -0.766. The Morgan fingerprint density at radius 3 is 1.41 bits per heavy atom. The molecule has 27 heavy (non-hydrogen) atoms. The van der Waals surface area contributed by atoms with E-state index in [9.17, 15) is 13.2 Å². The predicted molar refractivity (Wildman–Crippen MR) is 120 cm³/mol. The summed E-state index contributed by atoms with van der Waals surface area (Å²) < 4.78 is 29.8. The average molecular weight is 428 g/mol. The fraction of sp³-hybridized carbons (Fsp3) is 0.650. The molecular weight excluding hydrogens is 390 g/mol. The third kappa shape index (κ3) is 4.46. The highest BCUT2D eigenvalue weighted by Crippen LogP contribution is 2.49. The van der Waals surface area contributed by atoms with Crippen LogP contribution < -0.4 is 0 Å². The first-order valence-electron chi connectivity index (χ1n) is 9.44. The molecule has 0 aliphatic rings. The molecular formula is C20H37NO3SSi2. The number of carbonyl (C=O) groups is 1. The van der Waals surface area contributed by atoms with Crippen molar-refractivity contribution in [1.82, 2.24) is 3.64 Å². The van der Waals surface area contributed by atoms with Crippen LogP contribution in [0.5, 0.6) is 0 Å². The fourth-order valence-corrected chi connectivity index (χ4v) is 19.5. The molecule has 7 heteroatoms. The minimum absolute atomic E-state index is 0.0652. The second-order valence-corrected chi connectivity index (χ2v) is 23.5. The molecule has 0 atom stereocenters. The van der Waals surface area contributed by atoms with Gasteiger partial charge in [-0.1, -0.05) is 79.9 Å². The van der Waals surface area contributed by atoms with Gasteiger partial charge in [-0.2, -0.15) is 0 Å². The molecule has 0 amide bonds. The summed E-state index contributed by atoms with van der Waals surface area (Å²) in [7, 11) is -8.47. The Balaban J connectivity index is 3.76. The van der Waals surface area contributed by atoms with E-state index in [1.165, 1.54) is 6.92 Å². The lowest BCUT2D eigenvalue weighted by Crippen LogP contribution is -2.69. The first-order valence-corrected chi connectivity index (χ1v) is 16.8. The molecule has 0 spiro atoms. The van der Waals surface area contributed by atoms with Crippen LogP contribution in [0.1, 0.15) is 58.8 Å². The van der Waals surface area contributed by atoms with Gasteiger partial charge >= 0.3 is 0 Å². The topological polar surface area (TPSA) is 54.5 Å². The van der Waals surface area contributed by atoms with E-state index in [0.29, 0.717) is 5.56 Å². The Kier molecular flexibility index (Phi) is 6.51. The molecule has 154 valence electrons. The van der Waals surface area contributed by atoms with Crippen molar-refractivity contribution in [2.45, 2.75) is 89.6 Å². The molecule has 0 fully saturated rings. The third-order valence-corrected chi connectivity index (χ3v) is 24.7. The summed E-state index contributed by atoms with van der Waals surface area (Å²) in [5, 5.41) is -0.232.